The molecule has 5 aromatic rings. The number of aryl methyl sites for hydroxylation is 2. The number of anilines is 2. The average Bonchev–Trinajstić information content (AvgIpc) is 3.72. The van der Waals surface area contributed by atoms with E-state index >= 15 is 0 Å². The molecule has 2 atom stereocenters. The van der Waals surface area contributed by atoms with Crippen LogP contribution < -0.4 is 20.9 Å². The van der Waals surface area contributed by atoms with E-state index in [9.17, 15) is 0 Å². The normalized spacial score (nSPS) is 17.4. The van der Waals surface area contributed by atoms with Gasteiger partial charge in [-0.2, -0.15) is 0 Å². The number of rotatable bonds is 7. The van der Waals surface area contributed by atoms with Gasteiger partial charge in [-0.3, -0.25) is 20.9 Å². The first-order valence-electron chi connectivity index (χ1n) is 15.2. The van der Waals surface area contributed by atoms with Gasteiger partial charge in [0.05, 0.1) is 34.9 Å². The van der Waals surface area contributed by atoms with Gasteiger partial charge in [-0.25, -0.2) is 0 Å². The molecule has 0 amide bonds. The predicted octanol–water partition coefficient (Wildman–Crippen LogP) is 8.99. The maximum absolute atomic E-state index is 3.82. The van der Waals surface area contributed by atoms with Crippen molar-refractivity contribution in [1.82, 2.24) is 10.9 Å². The van der Waals surface area contributed by atoms with Crippen LogP contribution in [0.25, 0.3) is 6.08 Å². The molecule has 0 saturated heterocycles. The fourth-order valence-electron chi connectivity index (χ4n) is 5.91. The van der Waals surface area contributed by atoms with Gasteiger partial charge in [-0.15, -0.1) is 0 Å². The summed E-state index contributed by atoms with van der Waals surface area (Å²) < 4.78 is 0. The summed E-state index contributed by atoms with van der Waals surface area (Å²) in [5.41, 5.74) is 19.2. The van der Waals surface area contributed by atoms with Gasteiger partial charge in [0, 0.05) is 5.57 Å². The Morgan fingerprint density at radius 3 is 1.30 bits per heavy atom. The maximum atomic E-state index is 3.82. The smallest absolute Gasteiger partial charge is 0.0958 e. The molecule has 2 aliphatic rings. The van der Waals surface area contributed by atoms with E-state index in [2.05, 4.69) is 192 Å². The lowest BCUT2D eigenvalue weighted by molar-refractivity contribution is 0.695. The molecule has 4 heteroatoms. The molecule has 0 aromatic heterocycles. The van der Waals surface area contributed by atoms with E-state index in [1.54, 1.807) is 0 Å². The number of nitrogens with one attached hydrogen (secondary N) is 2. The highest BCUT2D eigenvalue weighted by Crippen LogP contribution is 2.40. The van der Waals surface area contributed by atoms with Crippen LogP contribution in [0.3, 0.4) is 0 Å². The van der Waals surface area contributed by atoms with Gasteiger partial charge >= 0.3 is 0 Å². The van der Waals surface area contributed by atoms with Gasteiger partial charge in [-0.1, -0.05) is 126 Å². The zero-order valence-corrected chi connectivity index (χ0v) is 25.1. The van der Waals surface area contributed by atoms with Gasteiger partial charge in [0.2, 0.25) is 0 Å². The van der Waals surface area contributed by atoms with Crippen molar-refractivity contribution in [3.63, 3.8) is 0 Å². The predicted molar refractivity (Wildman–Crippen MR) is 183 cm³/mol. The molecule has 4 nitrogen and oxygen atoms in total. The molecule has 0 bridgehead atoms. The van der Waals surface area contributed by atoms with Crippen molar-refractivity contribution < 1.29 is 0 Å². The Labute approximate surface area is 260 Å². The van der Waals surface area contributed by atoms with Gasteiger partial charge in [0.1, 0.15) is 0 Å². The molecule has 0 aliphatic carbocycles. The lowest BCUT2D eigenvalue weighted by Crippen LogP contribution is -2.37. The lowest BCUT2D eigenvalue weighted by atomic mass is 9.99. The van der Waals surface area contributed by atoms with Crippen LogP contribution in [0.15, 0.2) is 169 Å². The Morgan fingerprint density at radius 2 is 0.886 bits per heavy atom. The van der Waals surface area contributed by atoms with Crippen molar-refractivity contribution in [2.45, 2.75) is 25.9 Å². The molecule has 7 rings (SSSR count). The van der Waals surface area contributed by atoms with Gasteiger partial charge in [0.15, 0.2) is 0 Å². The summed E-state index contributed by atoms with van der Waals surface area (Å²) in [6, 6.07) is 49.4. The van der Waals surface area contributed by atoms with Crippen LogP contribution in [-0.2, 0) is 0 Å². The standard InChI is InChI=1S/C40H36N4/c1-29-18-22-34(23-19-29)43-39(32-14-8-4-9-15-32)27-37(41-43)36(26-31-12-6-3-7-13-31)38-28-40(33-16-10-5-11-17-33)44(42-38)35-24-20-30(2)21-25-35/h3-28,39-42H,1-2H3. The minimum absolute atomic E-state index is 0.0215. The van der Waals surface area contributed by atoms with E-state index in [1.807, 2.05) is 0 Å². The van der Waals surface area contributed by atoms with E-state index in [4.69, 9.17) is 0 Å². The van der Waals surface area contributed by atoms with Crippen LogP contribution in [0.4, 0.5) is 11.4 Å². The Morgan fingerprint density at radius 1 is 0.500 bits per heavy atom. The average molecular weight is 573 g/mol. The third kappa shape index (κ3) is 5.62. The molecule has 0 radical (unpaired) electrons. The minimum Gasteiger partial charge on any atom is -0.297 e. The molecule has 5 aromatic carbocycles. The first kappa shape index (κ1) is 27.4. The summed E-state index contributed by atoms with van der Waals surface area (Å²) >= 11 is 0. The topological polar surface area (TPSA) is 30.5 Å². The highest BCUT2D eigenvalue weighted by atomic mass is 15.6. The minimum atomic E-state index is 0.0215. The molecule has 2 heterocycles. The van der Waals surface area contributed by atoms with Gasteiger partial charge in [-0.05, 0) is 73.0 Å². The van der Waals surface area contributed by atoms with Crippen LogP contribution in [0.2, 0.25) is 0 Å². The van der Waals surface area contributed by atoms with Crippen molar-refractivity contribution in [2.24, 2.45) is 0 Å². The zero-order chi connectivity index (χ0) is 29.9. The van der Waals surface area contributed by atoms with Gasteiger partial charge in [0.25, 0.3) is 0 Å². The van der Waals surface area contributed by atoms with Crippen molar-refractivity contribution in [1.29, 1.82) is 0 Å². The van der Waals surface area contributed by atoms with Crippen LogP contribution in [0, 0.1) is 13.8 Å². The molecule has 216 valence electrons. The van der Waals surface area contributed by atoms with Gasteiger partial charge < -0.3 is 0 Å². The van der Waals surface area contributed by atoms with E-state index in [0.717, 1.165) is 33.9 Å². The maximum Gasteiger partial charge on any atom is 0.0958 e. The summed E-state index contributed by atoms with van der Waals surface area (Å²) in [6.07, 6.45) is 6.97. The van der Waals surface area contributed by atoms with Crippen molar-refractivity contribution in [3.05, 3.63) is 196 Å². The Balaban J connectivity index is 1.34. The van der Waals surface area contributed by atoms with E-state index in [-0.39, 0.29) is 12.1 Å². The molecule has 2 N–H and O–H groups in total. The Kier molecular flexibility index (Phi) is 7.47. The molecule has 2 aliphatic heterocycles. The first-order valence-corrected chi connectivity index (χ1v) is 15.2. The second-order valence-corrected chi connectivity index (χ2v) is 11.5. The summed E-state index contributed by atoms with van der Waals surface area (Å²) in [5.74, 6) is 0. The quantitative estimate of drug-likeness (QED) is 0.204. The molecule has 0 saturated carbocycles. The summed E-state index contributed by atoms with van der Waals surface area (Å²) in [5, 5.41) is 4.54. The molecule has 44 heavy (non-hydrogen) atoms. The third-order valence-corrected chi connectivity index (χ3v) is 8.28. The summed E-state index contributed by atoms with van der Waals surface area (Å²) in [7, 11) is 0. The molecular weight excluding hydrogens is 536 g/mol. The third-order valence-electron chi connectivity index (χ3n) is 8.28. The molecule has 0 spiro atoms. The van der Waals surface area contributed by atoms with E-state index in [1.165, 1.54) is 22.3 Å². The largest absolute Gasteiger partial charge is 0.297 e. The monoisotopic (exact) mass is 572 g/mol. The zero-order valence-electron chi connectivity index (χ0n) is 25.1. The number of benzene rings is 5. The van der Waals surface area contributed by atoms with Crippen LogP contribution >= 0.6 is 0 Å². The SMILES string of the molecule is Cc1ccc(N2NC(C(=Cc3ccccc3)C3=CC(c4ccccc4)N(c4ccc(C)cc4)N3)=CC2c2ccccc2)cc1. The number of hydrazine groups is 2. The molecular formula is C40H36N4. The lowest BCUT2D eigenvalue weighted by Gasteiger charge is -2.29. The first-order chi connectivity index (χ1) is 21.6. The molecule has 0 fully saturated rings. The van der Waals surface area contributed by atoms with E-state index in [0.29, 0.717) is 0 Å². The van der Waals surface area contributed by atoms with Crippen LogP contribution in [0.5, 0.6) is 0 Å². The second kappa shape index (κ2) is 12.0. The number of nitrogens with zero attached hydrogens (tertiary/aromatic N) is 2. The number of hydrogen-bond acceptors (Lipinski definition) is 4. The Bertz CT molecular complexity index is 1690. The molecule has 2 unspecified atom stereocenters. The highest BCUT2D eigenvalue weighted by molar-refractivity contribution is 5.70. The van der Waals surface area contributed by atoms with Crippen molar-refractivity contribution in [2.75, 3.05) is 10.0 Å². The highest BCUT2D eigenvalue weighted by Gasteiger charge is 2.33. The summed E-state index contributed by atoms with van der Waals surface area (Å²) in [6.45, 7) is 4.25. The fraction of sp³-hybridized carbons (Fsp3) is 0.100. The van der Waals surface area contributed by atoms with Crippen LogP contribution in [-0.4, -0.2) is 0 Å². The van der Waals surface area contributed by atoms with Crippen molar-refractivity contribution >= 4 is 17.5 Å². The number of hydrogen-bond donors (Lipinski definition) is 2. The fourth-order valence-corrected chi connectivity index (χ4v) is 5.91. The van der Waals surface area contributed by atoms with Crippen molar-refractivity contribution in [3.8, 4) is 0 Å². The summed E-state index contributed by atoms with van der Waals surface area (Å²) in [4.78, 5) is 0. The van der Waals surface area contributed by atoms with E-state index < -0.39 is 0 Å². The second-order valence-electron chi connectivity index (χ2n) is 11.5. The van der Waals surface area contributed by atoms with Crippen LogP contribution in [0.1, 0.15) is 39.9 Å². The Hall–Kier alpha value is -5.48.